The van der Waals surface area contributed by atoms with Crippen molar-refractivity contribution >= 4 is 16.8 Å². The maximum atomic E-state index is 12.8. The van der Waals surface area contributed by atoms with Gasteiger partial charge in [-0.3, -0.25) is 19.1 Å². The summed E-state index contributed by atoms with van der Waals surface area (Å²) >= 11 is 0. The van der Waals surface area contributed by atoms with Crippen LogP contribution in [0.3, 0.4) is 0 Å². The van der Waals surface area contributed by atoms with Crippen molar-refractivity contribution in [3.63, 3.8) is 0 Å². The lowest BCUT2D eigenvalue weighted by atomic mass is 10.0. The number of hydrogen-bond acceptors (Lipinski definition) is 4. The fourth-order valence-electron chi connectivity index (χ4n) is 3.49. The number of para-hydroxylation sites is 1. The summed E-state index contributed by atoms with van der Waals surface area (Å²) in [6.07, 6.45) is 4.94. The number of benzene rings is 1. The van der Waals surface area contributed by atoms with Gasteiger partial charge in [-0.05, 0) is 44.0 Å². The second-order valence-electron chi connectivity index (χ2n) is 6.71. The molecule has 1 unspecified atom stereocenters. The molecule has 0 aliphatic carbocycles. The minimum absolute atomic E-state index is 0.0380. The Balaban J connectivity index is 1.61. The van der Waals surface area contributed by atoms with Crippen molar-refractivity contribution in [3.8, 4) is 0 Å². The van der Waals surface area contributed by atoms with Gasteiger partial charge >= 0.3 is 0 Å². The molecule has 1 fully saturated rings. The quantitative estimate of drug-likeness (QED) is 0.714. The number of likely N-dealkylation sites (tertiary alicyclic amines) is 1. The molecule has 132 valence electrons. The van der Waals surface area contributed by atoms with E-state index in [1.54, 1.807) is 29.2 Å². The predicted molar refractivity (Wildman–Crippen MR) is 99.2 cm³/mol. The van der Waals surface area contributed by atoms with Gasteiger partial charge in [-0.25, -0.2) is 4.98 Å². The largest absolute Gasteiger partial charge is 0.337 e. The molecule has 1 aromatic carbocycles. The van der Waals surface area contributed by atoms with E-state index in [9.17, 15) is 9.59 Å². The van der Waals surface area contributed by atoms with E-state index in [4.69, 9.17) is 0 Å². The topological polar surface area (TPSA) is 68.1 Å². The number of carbonyl (C=O) groups is 1. The second-order valence-corrected chi connectivity index (χ2v) is 6.71. The molecule has 3 aromatic rings. The minimum Gasteiger partial charge on any atom is -0.337 e. The summed E-state index contributed by atoms with van der Waals surface area (Å²) in [5, 5.41) is 0.612. The van der Waals surface area contributed by atoms with Gasteiger partial charge in [0.2, 0.25) is 0 Å². The number of piperidine rings is 1. The SMILES string of the molecule is Cc1ccc(C(=O)N2CCCC(n3cnc4ccccc4c3=O)C2)cn1. The first kappa shape index (κ1) is 16.4. The molecular weight excluding hydrogens is 328 g/mol. The smallest absolute Gasteiger partial charge is 0.261 e. The monoisotopic (exact) mass is 348 g/mol. The van der Waals surface area contributed by atoms with E-state index in [0.717, 1.165) is 18.5 Å². The molecule has 0 radical (unpaired) electrons. The molecule has 1 aliphatic rings. The van der Waals surface area contributed by atoms with Gasteiger partial charge in [-0.1, -0.05) is 12.1 Å². The molecule has 0 spiro atoms. The number of aromatic nitrogens is 3. The van der Waals surface area contributed by atoms with E-state index in [0.29, 0.717) is 29.6 Å². The van der Waals surface area contributed by atoms with Crippen LogP contribution in [0.25, 0.3) is 10.9 Å². The third kappa shape index (κ3) is 2.98. The molecular formula is C20H20N4O2. The Morgan fingerprint density at radius 2 is 2.00 bits per heavy atom. The summed E-state index contributed by atoms with van der Waals surface area (Å²) in [5.74, 6) is -0.0380. The van der Waals surface area contributed by atoms with Crippen LogP contribution in [0.2, 0.25) is 0 Å². The maximum Gasteiger partial charge on any atom is 0.261 e. The summed E-state index contributed by atoms with van der Waals surface area (Å²) < 4.78 is 1.68. The molecule has 1 amide bonds. The molecule has 4 rings (SSSR count). The van der Waals surface area contributed by atoms with Crippen LogP contribution < -0.4 is 5.56 Å². The molecule has 6 nitrogen and oxygen atoms in total. The first-order chi connectivity index (χ1) is 12.6. The van der Waals surface area contributed by atoms with Crippen molar-refractivity contribution in [2.45, 2.75) is 25.8 Å². The van der Waals surface area contributed by atoms with Crippen molar-refractivity contribution in [3.05, 3.63) is 70.5 Å². The first-order valence-electron chi connectivity index (χ1n) is 8.81. The molecule has 0 N–H and O–H groups in total. The van der Waals surface area contributed by atoms with E-state index in [-0.39, 0.29) is 17.5 Å². The zero-order valence-corrected chi connectivity index (χ0v) is 14.6. The number of nitrogens with zero attached hydrogens (tertiary/aromatic N) is 4. The summed E-state index contributed by atoms with van der Waals surface area (Å²) in [6, 6.07) is 10.9. The number of aryl methyl sites for hydroxylation is 1. The van der Waals surface area contributed by atoms with Crippen molar-refractivity contribution in [2.24, 2.45) is 0 Å². The fraction of sp³-hybridized carbons (Fsp3) is 0.300. The normalized spacial score (nSPS) is 17.4. The number of carbonyl (C=O) groups excluding carboxylic acids is 1. The van der Waals surface area contributed by atoms with Gasteiger partial charge in [-0.15, -0.1) is 0 Å². The Kier molecular flexibility index (Phi) is 4.24. The number of rotatable bonds is 2. The third-order valence-corrected chi connectivity index (χ3v) is 4.93. The highest BCUT2D eigenvalue weighted by Crippen LogP contribution is 2.22. The van der Waals surface area contributed by atoms with Crippen molar-refractivity contribution in [2.75, 3.05) is 13.1 Å². The zero-order chi connectivity index (χ0) is 18.1. The summed E-state index contributed by atoms with van der Waals surface area (Å²) in [7, 11) is 0. The number of hydrogen-bond donors (Lipinski definition) is 0. The summed E-state index contributed by atoms with van der Waals surface area (Å²) in [5.41, 5.74) is 2.11. The Labute approximate surface area is 151 Å². The zero-order valence-electron chi connectivity index (χ0n) is 14.6. The standard InChI is InChI=1S/C20H20N4O2/c1-14-8-9-15(11-21-14)19(25)23-10-4-5-16(12-23)24-13-22-18-7-3-2-6-17(18)20(24)26/h2-3,6-9,11,13,16H,4-5,10,12H2,1H3. The van der Waals surface area contributed by atoms with Crippen LogP contribution in [0, 0.1) is 6.92 Å². The van der Waals surface area contributed by atoms with Gasteiger partial charge in [0.1, 0.15) is 0 Å². The summed E-state index contributed by atoms with van der Waals surface area (Å²) in [4.78, 5) is 36.0. The molecule has 1 saturated heterocycles. The van der Waals surface area contributed by atoms with E-state index in [1.165, 1.54) is 0 Å². The maximum absolute atomic E-state index is 12.8. The minimum atomic E-state index is -0.0595. The molecule has 0 bridgehead atoms. The van der Waals surface area contributed by atoms with Crippen LogP contribution in [-0.4, -0.2) is 38.4 Å². The van der Waals surface area contributed by atoms with Crippen LogP contribution in [0.15, 0.2) is 53.7 Å². The average molecular weight is 348 g/mol. The Hall–Kier alpha value is -3.02. The van der Waals surface area contributed by atoms with Gasteiger partial charge in [0.05, 0.1) is 28.8 Å². The highest BCUT2D eigenvalue weighted by atomic mass is 16.2. The lowest BCUT2D eigenvalue weighted by Crippen LogP contribution is -2.43. The van der Waals surface area contributed by atoms with Crippen LogP contribution in [0.1, 0.15) is 34.9 Å². The van der Waals surface area contributed by atoms with E-state index < -0.39 is 0 Å². The number of pyridine rings is 1. The lowest BCUT2D eigenvalue weighted by molar-refractivity contribution is 0.0677. The van der Waals surface area contributed by atoms with Crippen LogP contribution in [0.5, 0.6) is 0 Å². The molecule has 6 heteroatoms. The van der Waals surface area contributed by atoms with Gasteiger partial charge in [0, 0.05) is 25.0 Å². The first-order valence-corrected chi connectivity index (χ1v) is 8.81. The predicted octanol–water partition coefficient (Wildman–Crippen LogP) is 2.58. The van der Waals surface area contributed by atoms with E-state index >= 15 is 0 Å². The lowest BCUT2D eigenvalue weighted by Gasteiger charge is -2.33. The van der Waals surface area contributed by atoms with Crippen LogP contribution >= 0.6 is 0 Å². The summed E-state index contributed by atoms with van der Waals surface area (Å²) in [6.45, 7) is 3.09. The highest BCUT2D eigenvalue weighted by Gasteiger charge is 2.26. The van der Waals surface area contributed by atoms with Crippen LogP contribution in [0.4, 0.5) is 0 Å². The highest BCUT2D eigenvalue weighted by molar-refractivity contribution is 5.94. The van der Waals surface area contributed by atoms with E-state index in [2.05, 4.69) is 9.97 Å². The third-order valence-electron chi connectivity index (χ3n) is 4.93. The Morgan fingerprint density at radius 1 is 1.15 bits per heavy atom. The van der Waals surface area contributed by atoms with Gasteiger partial charge in [0.15, 0.2) is 0 Å². The molecule has 26 heavy (non-hydrogen) atoms. The molecule has 3 heterocycles. The number of fused-ring (bicyclic) bond motifs is 1. The van der Waals surface area contributed by atoms with Crippen molar-refractivity contribution < 1.29 is 4.79 Å². The second kappa shape index (κ2) is 6.71. The molecule has 2 aromatic heterocycles. The fourth-order valence-corrected chi connectivity index (χ4v) is 3.49. The molecule has 1 aliphatic heterocycles. The van der Waals surface area contributed by atoms with Crippen LogP contribution in [-0.2, 0) is 0 Å². The average Bonchev–Trinajstić information content (AvgIpc) is 2.69. The Bertz CT molecular complexity index is 1010. The van der Waals surface area contributed by atoms with Crippen molar-refractivity contribution in [1.29, 1.82) is 0 Å². The molecule has 1 atom stereocenters. The van der Waals surface area contributed by atoms with Gasteiger partial charge in [-0.2, -0.15) is 0 Å². The van der Waals surface area contributed by atoms with Gasteiger partial charge in [0.25, 0.3) is 11.5 Å². The Morgan fingerprint density at radius 3 is 2.81 bits per heavy atom. The molecule has 0 saturated carbocycles. The van der Waals surface area contributed by atoms with E-state index in [1.807, 2.05) is 36.1 Å². The number of amides is 1. The van der Waals surface area contributed by atoms with Gasteiger partial charge < -0.3 is 4.90 Å². The van der Waals surface area contributed by atoms with Crippen molar-refractivity contribution in [1.82, 2.24) is 19.4 Å².